The van der Waals surface area contributed by atoms with Gasteiger partial charge in [-0.15, -0.1) is 10.2 Å². The van der Waals surface area contributed by atoms with Gasteiger partial charge < -0.3 is 19.1 Å². The lowest BCUT2D eigenvalue weighted by Crippen LogP contribution is -2.12. The molecule has 1 amide bonds. The van der Waals surface area contributed by atoms with Crippen LogP contribution in [0.1, 0.15) is 23.4 Å². The molecule has 0 atom stereocenters. The Morgan fingerprint density at radius 2 is 1.83 bits per heavy atom. The summed E-state index contributed by atoms with van der Waals surface area (Å²) < 4.78 is 12.7. The van der Waals surface area contributed by atoms with Gasteiger partial charge in [0.2, 0.25) is 11.8 Å². The normalized spacial score (nSPS) is 10.7. The fourth-order valence-corrected chi connectivity index (χ4v) is 3.04. The Kier molecular flexibility index (Phi) is 5.56. The summed E-state index contributed by atoms with van der Waals surface area (Å²) in [4.78, 5) is 12.2. The third-order valence-electron chi connectivity index (χ3n) is 4.64. The number of anilines is 1. The van der Waals surface area contributed by atoms with E-state index in [4.69, 9.17) is 9.26 Å². The molecule has 0 aliphatic carbocycles. The van der Waals surface area contributed by atoms with E-state index in [1.165, 1.54) is 0 Å². The van der Waals surface area contributed by atoms with Crippen molar-refractivity contribution >= 4 is 11.6 Å². The summed E-state index contributed by atoms with van der Waals surface area (Å²) in [7, 11) is 0. The van der Waals surface area contributed by atoms with E-state index in [9.17, 15) is 4.79 Å². The fraction of sp³-hybridized carbons (Fsp3) is 0.182. The molecule has 0 aliphatic rings. The molecule has 0 saturated carbocycles. The summed E-state index contributed by atoms with van der Waals surface area (Å²) >= 11 is 0. The lowest BCUT2D eigenvalue weighted by atomic mass is 10.1. The van der Waals surface area contributed by atoms with E-state index in [1.807, 2.05) is 49.0 Å². The van der Waals surface area contributed by atoms with Crippen molar-refractivity contribution in [3.63, 3.8) is 0 Å². The average molecular weight is 403 g/mol. The second-order valence-corrected chi connectivity index (χ2v) is 6.80. The predicted molar refractivity (Wildman–Crippen MR) is 111 cm³/mol. The van der Waals surface area contributed by atoms with Crippen LogP contribution in [0.5, 0.6) is 11.6 Å². The molecule has 152 valence electrons. The van der Waals surface area contributed by atoms with E-state index in [0.29, 0.717) is 36.0 Å². The Bertz CT molecular complexity index is 1100. The number of rotatable bonds is 7. The topological polar surface area (TPSA) is 95.1 Å². The van der Waals surface area contributed by atoms with Crippen LogP contribution < -0.4 is 10.1 Å². The summed E-state index contributed by atoms with van der Waals surface area (Å²) in [6.45, 7) is 3.73. The third kappa shape index (κ3) is 4.54. The Balaban J connectivity index is 1.31. The number of amides is 1. The highest BCUT2D eigenvalue weighted by Gasteiger charge is 2.11. The first-order valence-electron chi connectivity index (χ1n) is 9.55. The lowest BCUT2D eigenvalue weighted by Gasteiger charge is -2.08. The molecular weight excluding hydrogens is 382 g/mol. The van der Waals surface area contributed by atoms with Crippen molar-refractivity contribution in [1.82, 2.24) is 19.9 Å². The molecule has 0 fully saturated rings. The number of carbonyl (C=O) groups excluding carboxylic acids is 1. The van der Waals surface area contributed by atoms with Crippen molar-refractivity contribution in [2.45, 2.75) is 26.7 Å². The van der Waals surface area contributed by atoms with Gasteiger partial charge in [-0.05, 0) is 62.7 Å². The summed E-state index contributed by atoms with van der Waals surface area (Å²) in [5.74, 6) is 2.39. The minimum atomic E-state index is -0.0739. The van der Waals surface area contributed by atoms with Gasteiger partial charge in [0.05, 0.1) is 5.69 Å². The maximum absolute atomic E-state index is 12.2. The molecule has 3 heterocycles. The SMILES string of the molecule is Cc1noc(C)c1CCC(=O)Nc1ccc(Oc2ccc(-n3cccc3)nn2)cc1. The number of nitrogens with zero attached hydrogens (tertiary/aromatic N) is 4. The number of aromatic nitrogens is 4. The fourth-order valence-electron chi connectivity index (χ4n) is 3.04. The molecule has 0 unspecified atom stereocenters. The minimum absolute atomic E-state index is 0.0739. The lowest BCUT2D eigenvalue weighted by molar-refractivity contribution is -0.116. The molecule has 8 heteroatoms. The minimum Gasteiger partial charge on any atom is -0.438 e. The number of carbonyl (C=O) groups is 1. The number of hydrogen-bond acceptors (Lipinski definition) is 6. The second-order valence-electron chi connectivity index (χ2n) is 6.80. The summed E-state index contributed by atoms with van der Waals surface area (Å²) in [5, 5.41) is 15.0. The quantitative estimate of drug-likeness (QED) is 0.496. The molecule has 1 aromatic carbocycles. The van der Waals surface area contributed by atoms with Gasteiger partial charge in [0.15, 0.2) is 5.82 Å². The molecule has 0 spiro atoms. The predicted octanol–water partition coefficient (Wildman–Crippen LogP) is 4.24. The van der Waals surface area contributed by atoms with Crippen LogP contribution in [0.25, 0.3) is 5.82 Å². The Hall–Kier alpha value is -3.94. The van der Waals surface area contributed by atoms with Gasteiger partial charge in [0.1, 0.15) is 11.5 Å². The van der Waals surface area contributed by atoms with Crippen molar-refractivity contribution in [1.29, 1.82) is 0 Å². The monoisotopic (exact) mass is 403 g/mol. The van der Waals surface area contributed by atoms with Crippen LogP contribution in [-0.2, 0) is 11.2 Å². The van der Waals surface area contributed by atoms with Crippen molar-refractivity contribution in [3.05, 3.63) is 77.9 Å². The van der Waals surface area contributed by atoms with Crippen molar-refractivity contribution in [3.8, 4) is 17.4 Å². The zero-order valence-electron chi connectivity index (χ0n) is 16.7. The number of benzene rings is 1. The van der Waals surface area contributed by atoms with Crippen molar-refractivity contribution < 1.29 is 14.1 Å². The zero-order chi connectivity index (χ0) is 20.9. The van der Waals surface area contributed by atoms with Crippen LogP contribution in [0.3, 0.4) is 0 Å². The van der Waals surface area contributed by atoms with Gasteiger partial charge in [0.25, 0.3) is 0 Å². The first kappa shape index (κ1) is 19.4. The van der Waals surface area contributed by atoms with Crippen LogP contribution in [0.2, 0.25) is 0 Å². The summed E-state index contributed by atoms with van der Waals surface area (Å²) in [6.07, 6.45) is 4.73. The highest BCUT2D eigenvalue weighted by molar-refractivity contribution is 5.90. The molecular formula is C22H21N5O3. The van der Waals surface area contributed by atoms with Gasteiger partial charge in [-0.2, -0.15) is 0 Å². The molecule has 0 aliphatic heterocycles. The molecule has 0 radical (unpaired) electrons. The molecule has 1 N–H and O–H groups in total. The Morgan fingerprint density at radius 1 is 1.07 bits per heavy atom. The number of hydrogen-bond donors (Lipinski definition) is 1. The van der Waals surface area contributed by atoms with Gasteiger partial charge in [0, 0.05) is 36.1 Å². The van der Waals surface area contributed by atoms with Crippen LogP contribution >= 0.6 is 0 Å². The van der Waals surface area contributed by atoms with Gasteiger partial charge in [-0.1, -0.05) is 5.16 Å². The van der Waals surface area contributed by atoms with Crippen LogP contribution in [-0.4, -0.2) is 25.8 Å². The van der Waals surface area contributed by atoms with Crippen LogP contribution in [0, 0.1) is 13.8 Å². The smallest absolute Gasteiger partial charge is 0.238 e. The van der Waals surface area contributed by atoms with E-state index >= 15 is 0 Å². The molecule has 8 nitrogen and oxygen atoms in total. The first-order valence-corrected chi connectivity index (χ1v) is 9.55. The van der Waals surface area contributed by atoms with E-state index in [2.05, 4.69) is 20.7 Å². The van der Waals surface area contributed by atoms with Crippen molar-refractivity contribution in [2.75, 3.05) is 5.32 Å². The van der Waals surface area contributed by atoms with E-state index < -0.39 is 0 Å². The maximum atomic E-state index is 12.2. The van der Waals surface area contributed by atoms with E-state index in [0.717, 1.165) is 17.0 Å². The second kappa shape index (κ2) is 8.60. The molecule has 3 aromatic heterocycles. The molecule has 30 heavy (non-hydrogen) atoms. The average Bonchev–Trinajstić information content (AvgIpc) is 3.39. The molecule has 4 aromatic rings. The number of ether oxygens (including phenoxy) is 1. The Morgan fingerprint density at radius 3 is 2.47 bits per heavy atom. The number of aryl methyl sites for hydroxylation is 2. The number of nitrogens with one attached hydrogen (secondary N) is 1. The Labute approximate surface area is 173 Å². The highest BCUT2D eigenvalue weighted by atomic mass is 16.5. The van der Waals surface area contributed by atoms with Crippen LogP contribution in [0.15, 0.2) is 65.4 Å². The standard InChI is InChI=1S/C22H21N5O3/c1-15-19(16(2)30-26-15)9-11-21(28)23-17-5-7-18(8-6-17)29-22-12-10-20(24-25-22)27-13-3-4-14-27/h3-8,10,12-14H,9,11H2,1-2H3,(H,23,28). The third-order valence-corrected chi connectivity index (χ3v) is 4.64. The molecule has 0 saturated heterocycles. The van der Waals surface area contributed by atoms with Gasteiger partial charge in [-0.25, -0.2) is 0 Å². The van der Waals surface area contributed by atoms with Gasteiger partial charge in [-0.3, -0.25) is 4.79 Å². The molecule has 0 bridgehead atoms. The maximum Gasteiger partial charge on any atom is 0.238 e. The molecule has 4 rings (SSSR count). The van der Waals surface area contributed by atoms with E-state index in [-0.39, 0.29) is 5.91 Å². The van der Waals surface area contributed by atoms with Crippen LogP contribution in [0.4, 0.5) is 5.69 Å². The zero-order valence-corrected chi connectivity index (χ0v) is 16.7. The van der Waals surface area contributed by atoms with Crippen molar-refractivity contribution in [2.24, 2.45) is 0 Å². The highest BCUT2D eigenvalue weighted by Crippen LogP contribution is 2.22. The van der Waals surface area contributed by atoms with E-state index in [1.54, 1.807) is 30.3 Å². The summed E-state index contributed by atoms with van der Waals surface area (Å²) in [6, 6.07) is 14.5. The first-order chi connectivity index (χ1) is 14.6. The summed E-state index contributed by atoms with van der Waals surface area (Å²) in [5.41, 5.74) is 2.50. The largest absolute Gasteiger partial charge is 0.438 e. The van der Waals surface area contributed by atoms with Gasteiger partial charge >= 0.3 is 0 Å².